The molecule has 1 heterocycles. The number of aliphatic carboxylic acids is 1. The normalized spacial score (nSPS) is 12.9. The fourth-order valence-corrected chi connectivity index (χ4v) is 1.04. The summed E-state index contributed by atoms with van der Waals surface area (Å²) in [6.45, 7) is 1.23. The highest BCUT2D eigenvalue weighted by Gasteiger charge is 2.32. The van der Waals surface area contributed by atoms with Gasteiger partial charge in [-0.05, 0) is 19.1 Å². The zero-order valence-electron chi connectivity index (χ0n) is 9.15. The number of carboxylic acid groups (broad SMARTS) is 1. The molecule has 1 atom stereocenters. The molecule has 0 aromatic carbocycles. The molecular weight excluding hydrogens is 253 g/mol. The smallest absolute Gasteiger partial charge is 0.433 e. The zero-order chi connectivity index (χ0) is 13.9. The predicted octanol–water partition coefficient (Wildman–Crippen LogP) is 1.30. The van der Waals surface area contributed by atoms with Gasteiger partial charge in [-0.3, -0.25) is 14.6 Å². The first-order valence-corrected chi connectivity index (χ1v) is 4.78. The summed E-state index contributed by atoms with van der Waals surface area (Å²) in [7, 11) is 0. The second-order valence-corrected chi connectivity index (χ2v) is 3.46. The molecule has 0 aliphatic carbocycles. The van der Waals surface area contributed by atoms with E-state index in [2.05, 4.69) is 10.3 Å². The second kappa shape index (κ2) is 5.03. The average molecular weight is 262 g/mol. The Morgan fingerprint density at radius 1 is 1.39 bits per heavy atom. The van der Waals surface area contributed by atoms with E-state index in [0.717, 1.165) is 12.3 Å². The molecule has 98 valence electrons. The number of carbonyl (C=O) groups excluding carboxylic acids is 1. The molecule has 1 amide bonds. The number of pyridine rings is 1. The van der Waals surface area contributed by atoms with Crippen LogP contribution < -0.4 is 5.32 Å². The monoisotopic (exact) mass is 262 g/mol. The van der Waals surface area contributed by atoms with Gasteiger partial charge in [-0.25, -0.2) is 0 Å². The van der Waals surface area contributed by atoms with E-state index in [9.17, 15) is 22.8 Å². The average Bonchev–Trinajstić information content (AvgIpc) is 2.27. The molecule has 0 bridgehead atoms. The Bertz CT molecular complexity index is 456. The van der Waals surface area contributed by atoms with E-state index in [1.54, 1.807) is 0 Å². The van der Waals surface area contributed by atoms with Gasteiger partial charge in [0.15, 0.2) is 0 Å². The van der Waals surface area contributed by atoms with Gasteiger partial charge in [-0.2, -0.15) is 13.2 Å². The number of hydrogen-bond donors (Lipinski definition) is 2. The highest BCUT2D eigenvalue weighted by Crippen LogP contribution is 2.27. The lowest BCUT2D eigenvalue weighted by Gasteiger charge is -2.10. The van der Waals surface area contributed by atoms with Gasteiger partial charge < -0.3 is 10.4 Å². The minimum Gasteiger partial charge on any atom is -0.480 e. The topological polar surface area (TPSA) is 79.3 Å². The fourth-order valence-electron chi connectivity index (χ4n) is 1.04. The van der Waals surface area contributed by atoms with Crippen LogP contribution in [0.4, 0.5) is 13.2 Å². The molecule has 2 N–H and O–H groups in total. The number of carbonyl (C=O) groups is 2. The van der Waals surface area contributed by atoms with Crippen molar-refractivity contribution in [2.45, 2.75) is 19.1 Å². The second-order valence-electron chi connectivity index (χ2n) is 3.46. The summed E-state index contributed by atoms with van der Waals surface area (Å²) in [5.41, 5.74) is -1.26. The van der Waals surface area contributed by atoms with E-state index in [-0.39, 0.29) is 5.56 Å². The largest absolute Gasteiger partial charge is 0.480 e. The molecule has 18 heavy (non-hydrogen) atoms. The van der Waals surface area contributed by atoms with Crippen molar-refractivity contribution in [2.75, 3.05) is 0 Å². The minimum atomic E-state index is -4.58. The van der Waals surface area contributed by atoms with Crippen LogP contribution in [0.25, 0.3) is 0 Å². The van der Waals surface area contributed by atoms with Gasteiger partial charge in [0.25, 0.3) is 5.91 Å². The van der Waals surface area contributed by atoms with Crippen LogP contribution in [0, 0.1) is 0 Å². The number of alkyl halides is 3. The molecule has 1 unspecified atom stereocenters. The lowest BCUT2D eigenvalue weighted by molar-refractivity contribution is -0.141. The van der Waals surface area contributed by atoms with Crippen molar-refractivity contribution in [3.8, 4) is 0 Å². The number of rotatable bonds is 3. The Morgan fingerprint density at radius 2 is 2.00 bits per heavy atom. The molecule has 1 rings (SSSR count). The molecule has 0 spiro atoms. The van der Waals surface area contributed by atoms with E-state index < -0.39 is 29.8 Å². The summed E-state index contributed by atoms with van der Waals surface area (Å²) in [4.78, 5) is 25.0. The number of hydrogen-bond acceptors (Lipinski definition) is 3. The number of amides is 1. The zero-order valence-corrected chi connectivity index (χ0v) is 9.15. The Balaban J connectivity index is 2.80. The van der Waals surface area contributed by atoms with Crippen molar-refractivity contribution in [3.05, 3.63) is 29.6 Å². The summed E-state index contributed by atoms with van der Waals surface area (Å²) in [5.74, 6) is -2.05. The third-order valence-electron chi connectivity index (χ3n) is 2.03. The molecule has 1 aromatic rings. The molecular formula is C10H9F3N2O3. The van der Waals surface area contributed by atoms with Crippen LogP contribution in [0.3, 0.4) is 0 Å². The van der Waals surface area contributed by atoms with Crippen LogP contribution >= 0.6 is 0 Å². The van der Waals surface area contributed by atoms with E-state index in [4.69, 9.17) is 5.11 Å². The summed E-state index contributed by atoms with van der Waals surface area (Å²) >= 11 is 0. The number of nitrogens with zero attached hydrogens (tertiary/aromatic N) is 1. The number of carboxylic acids is 1. The third-order valence-corrected chi connectivity index (χ3v) is 2.03. The van der Waals surface area contributed by atoms with E-state index in [1.165, 1.54) is 6.92 Å². The standard InChI is InChI=1S/C10H9F3N2O3/c1-5(9(17)18)15-8(16)6-2-3-7(14-4-6)10(11,12)13/h2-5H,1H3,(H,15,16)(H,17,18). The van der Waals surface area contributed by atoms with Crippen molar-refractivity contribution in [3.63, 3.8) is 0 Å². The van der Waals surface area contributed by atoms with Gasteiger partial charge in [0.1, 0.15) is 11.7 Å². The first-order chi connectivity index (χ1) is 8.21. The molecule has 0 radical (unpaired) electrons. The first-order valence-electron chi connectivity index (χ1n) is 4.78. The Morgan fingerprint density at radius 3 is 2.39 bits per heavy atom. The van der Waals surface area contributed by atoms with E-state index >= 15 is 0 Å². The molecule has 0 aliphatic rings. The van der Waals surface area contributed by atoms with Crippen LogP contribution in [0.1, 0.15) is 23.0 Å². The highest BCUT2D eigenvalue weighted by molar-refractivity contribution is 5.96. The fraction of sp³-hybridized carbons (Fsp3) is 0.300. The number of aromatic nitrogens is 1. The number of nitrogens with one attached hydrogen (secondary N) is 1. The maximum Gasteiger partial charge on any atom is 0.433 e. The van der Waals surface area contributed by atoms with Crippen molar-refractivity contribution in [1.82, 2.24) is 10.3 Å². The molecule has 8 heteroatoms. The molecule has 0 aliphatic heterocycles. The van der Waals surface area contributed by atoms with Gasteiger partial charge in [0, 0.05) is 6.20 Å². The summed E-state index contributed by atoms with van der Waals surface area (Å²) in [6, 6.07) is 0.444. The first kappa shape index (κ1) is 13.9. The van der Waals surface area contributed by atoms with Crippen LogP contribution in [0.5, 0.6) is 0 Å². The van der Waals surface area contributed by atoms with Gasteiger partial charge in [0.2, 0.25) is 0 Å². The molecule has 0 saturated heterocycles. The summed E-state index contributed by atoms with van der Waals surface area (Å²) < 4.78 is 36.6. The summed E-state index contributed by atoms with van der Waals surface area (Å²) in [6.07, 6.45) is -3.84. The summed E-state index contributed by atoms with van der Waals surface area (Å²) in [5, 5.41) is 10.6. The van der Waals surface area contributed by atoms with Gasteiger partial charge in [-0.1, -0.05) is 0 Å². The van der Waals surface area contributed by atoms with Gasteiger partial charge >= 0.3 is 12.1 Å². The lowest BCUT2D eigenvalue weighted by Crippen LogP contribution is -2.38. The number of halogens is 3. The highest BCUT2D eigenvalue weighted by atomic mass is 19.4. The lowest BCUT2D eigenvalue weighted by atomic mass is 10.2. The van der Waals surface area contributed by atoms with Gasteiger partial charge in [-0.15, -0.1) is 0 Å². The Labute approximate surface area is 99.6 Å². The van der Waals surface area contributed by atoms with Crippen LogP contribution in [0.2, 0.25) is 0 Å². The minimum absolute atomic E-state index is 0.142. The Kier molecular flexibility index (Phi) is 3.89. The van der Waals surface area contributed by atoms with Gasteiger partial charge in [0.05, 0.1) is 5.56 Å². The molecule has 0 fully saturated rings. The van der Waals surface area contributed by atoms with Crippen molar-refractivity contribution in [1.29, 1.82) is 0 Å². The quantitative estimate of drug-likeness (QED) is 0.860. The van der Waals surface area contributed by atoms with Crippen LogP contribution in [-0.2, 0) is 11.0 Å². The van der Waals surface area contributed by atoms with Crippen molar-refractivity contribution >= 4 is 11.9 Å². The van der Waals surface area contributed by atoms with Crippen LogP contribution in [-0.4, -0.2) is 28.0 Å². The Hall–Kier alpha value is -2.12. The maximum absolute atomic E-state index is 12.2. The van der Waals surface area contributed by atoms with Crippen molar-refractivity contribution in [2.24, 2.45) is 0 Å². The predicted molar refractivity (Wildman–Crippen MR) is 53.8 cm³/mol. The third kappa shape index (κ3) is 3.44. The molecule has 5 nitrogen and oxygen atoms in total. The van der Waals surface area contributed by atoms with Crippen molar-refractivity contribution < 1.29 is 27.9 Å². The van der Waals surface area contributed by atoms with E-state index in [0.29, 0.717) is 6.07 Å². The molecule has 1 aromatic heterocycles. The molecule has 0 saturated carbocycles. The van der Waals surface area contributed by atoms with Crippen LogP contribution in [0.15, 0.2) is 18.3 Å². The maximum atomic E-state index is 12.2. The SMILES string of the molecule is CC(NC(=O)c1ccc(C(F)(F)F)nc1)C(=O)O. The van der Waals surface area contributed by atoms with E-state index in [1.807, 2.05) is 0 Å².